The Kier molecular flexibility index (Phi) is 4.88. The van der Waals surface area contributed by atoms with Crippen molar-refractivity contribution in [2.45, 2.75) is 38.8 Å². The van der Waals surface area contributed by atoms with Crippen LogP contribution in [0.2, 0.25) is 0 Å². The number of aromatic nitrogens is 2. The molecule has 1 aliphatic heterocycles. The molecule has 3 heterocycles. The van der Waals surface area contributed by atoms with Crippen molar-refractivity contribution in [1.29, 1.82) is 0 Å². The zero-order valence-electron chi connectivity index (χ0n) is 13.4. The van der Waals surface area contributed by atoms with Gasteiger partial charge in [-0.1, -0.05) is 19.0 Å². The van der Waals surface area contributed by atoms with Gasteiger partial charge in [-0.3, -0.25) is 9.69 Å². The Balaban J connectivity index is 1.64. The molecule has 0 unspecified atom stereocenters. The van der Waals surface area contributed by atoms with Crippen molar-refractivity contribution in [3.63, 3.8) is 0 Å². The average Bonchev–Trinajstić information content (AvgIpc) is 3.20. The van der Waals surface area contributed by atoms with Crippen molar-refractivity contribution < 1.29 is 18.5 Å². The van der Waals surface area contributed by atoms with E-state index in [1.807, 2.05) is 13.8 Å². The fourth-order valence-corrected chi connectivity index (χ4v) is 2.59. The zero-order chi connectivity index (χ0) is 16.2. The summed E-state index contributed by atoms with van der Waals surface area (Å²) in [4.78, 5) is 18.8. The van der Waals surface area contributed by atoms with Crippen molar-refractivity contribution in [2.24, 2.45) is 0 Å². The number of morpholine rings is 1. The van der Waals surface area contributed by atoms with Gasteiger partial charge in [0.05, 0.1) is 26.0 Å². The third-order valence-corrected chi connectivity index (χ3v) is 3.89. The van der Waals surface area contributed by atoms with Crippen LogP contribution in [0.15, 0.2) is 27.3 Å². The highest BCUT2D eigenvalue weighted by molar-refractivity contribution is 5.93. The Morgan fingerprint density at radius 1 is 1.48 bits per heavy atom. The van der Waals surface area contributed by atoms with E-state index in [1.54, 1.807) is 12.1 Å². The fraction of sp³-hybridized carbons (Fsp3) is 0.562. The maximum absolute atomic E-state index is 12.2. The molecule has 0 radical (unpaired) electrons. The van der Waals surface area contributed by atoms with Crippen molar-refractivity contribution in [3.8, 4) is 0 Å². The topological polar surface area (TPSA) is 81.6 Å². The molecule has 7 nitrogen and oxygen atoms in total. The lowest BCUT2D eigenvalue weighted by Gasteiger charge is -2.34. The molecule has 1 fully saturated rings. The predicted octanol–water partition coefficient (Wildman–Crippen LogP) is 2.26. The second kappa shape index (κ2) is 7.06. The Hall–Kier alpha value is -1.99. The minimum absolute atomic E-state index is 0.0117. The number of rotatable bonds is 6. The Morgan fingerprint density at radius 3 is 3.04 bits per heavy atom. The second-order valence-corrected chi connectivity index (χ2v) is 6.01. The quantitative estimate of drug-likeness (QED) is 0.755. The summed E-state index contributed by atoms with van der Waals surface area (Å²) >= 11 is 0. The lowest BCUT2D eigenvalue weighted by Crippen LogP contribution is -2.46. The number of furan rings is 1. The Morgan fingerprint density at radius 2 is 2.35 bits per heavy atom. The summed E-state index contributed by atoms with van der Waals surface area (Å²) in [5.74, 6) is 1.85. The standard InChI is InChI=1S/C16H21N3O4/c1-11(2)16-17-15(18-23-16)9-19-5-7-21-10-12(19)8-13(20)14-4-3-6-22-14/h3-4,6,11-12H,5,7-10H2,1-2H3/t12-/m0/s1. The highest BCUT2D eigenvalue weighted by Gasteiger charge is 2.28. The van der Waals surface area contributed by atoms with Crippen LogP contribution in [0.25, 0.3) is 0 Å². The van der Waals surface area contributed by atoms with Crippen LogP contribution in [0.3, 0.4) is 0 Å². The summed E-state index contributed by atoms with van der Waals surface area (Å²) in [5.41, 5.74) is 0. The van der Waals surface area contributed by atoms with E-state index in [1.165, 1.54) is 6.26 Å². The molecule has 7 heteroatoms. The van der Waals surface area contributed by atoms with Gasteiger partial charge in [-0.25, -0.2) is 0 Å². The maximum Gasteiger partial charge on any atom is 0.229 e. The van der Waals surface area contributed by atoms with E-state index in [0.29, 0.717) is 43.7 Å². The molecule has 1 saturated heterocycles. The molecule has 0 aromatic carbocycles. The molecule has 0 saturated carbocycles. The molecule has 2 aromatic heterocycles. The predicted molar refractivity (Wildman–Crippen MR) is 81.1 cm³/mol. The number of carbonyl (C=O) groups is 1. The molecule has 0 bridgehead atoms. The van der Waals surface area contributed by atoms with Crippen LogP contribution in [-0.2, 0) is 11.3 Å². The van der Waals surface area contributed by atoms with Gasteiger partial charge in [-0.15, -0.1) is 0 Å². The number of ether oxygens (including phenoxy) is 1. The van der Waals surface area contributed by atoms with E-state index in [4.69, 9.17) is 13.7 Å². The van der Waals surface area contributed by atoms with Gasteiger partial charge in [0.2, 0.25) is 5.89 Å². The van der Waals surface area contributed by atoms with E-state index < -0.39 is 0 Å². The van der Waals surface area contributed by atoms with Crippen molar-refractivity contribution >= 4 is 5.78 Å². The Bertz CT molecular complexity index is 636. The zero-order valence-corrected chi connectivity index (χ0v) is 13.4. The van der Waals surface area contributed by atoms with E-state index in [2.05, 4.69) is 15.0 Å². The van der Waals surface area contributed by atoms with Crippen LogP contribution in [-0.4, -0.2) is 46.6 Å². The van der Waals surface area contributed by atoms with Gasteiger partial charge in [0.25, 0.3) is 0 Å². The van der Waals surface area contributed by atoms with Crippen LogP contribution in [0.1, 0.15) is 48.5 Å². The molecule has 1 atom stereocenters. The molecule has 3 rings (SSSR count). The molecule has 0 N–H and O–H groups in total. The summed E-state index contributed by atoms with van der Waals surface area (Å²) in [6.07, 6.45) is 1.86. The van der Waals surface area contributed by atoms with E-state index >= 15 is 0 Å². The average molecular weight is 319 g/mol. The summed E-state index contributed by atoms with van der Waals surface area (Å²) < 4.78 is 15.9. The third-order valence-electron chi connectivity index (χ3n) is 3.89. The van der Waals surface area contributed by atoms with Gasteiger partial charge < -0.3 is 13.7 Å². The van der Waals surface area contributed by atoms with Gasteiger partial charge in [0.15, 0.2) is 17.4 Å². The van der Waals surface area contributed by atoms with Crippen molar-refractivity contribution in [2.75, 3.05) is 19.8 Å². The molecular weight excluding hydrogens is 298 g/mol. The lowest BCUT2D eigenvalue weighted by molar-refractivity contribution is -0.0141. The molecular formula is C16H21N3O4. The van der Waals surface area contributed by atoms with E-state index in [-0.39, 0.29) is 17.7 Å². The first kappa shape index (κ1) is 15.9. The minimum atomic E-state index is -0.0218. The number of hydrogen-bond donors (Lipinski definition) is 0. The normalized spacial score (nSPS) is 19.3. The lowest BCUT2D eigenvalue weighted by atomic mass is 10.1. The van der Waals surface area contributed by atoms with Gasteiger partial charge in [-0.2, -0.15) is 4.98 Å². The van der Waals surface area contributed by atoms with Crippen LogP contribution in [0.5, 0.6) is 0 Å². The molecule has 2 aromatic rings. The first-order valence-electron chi connectivity index (χ1n) is 7.84. The molecule has 0 aliphatic carbocycles. The molecule has 23 heavy (non-hydrogen) atoms. The highest BCUT2D eigenvalue weighted by atomic mass is 16.5. The number of hydrogen-bond acceptors (Lipinski definition) is 7. The van der Waals surface area contributed by atoms with Crippen LogP contribution < -0.4 is 0 Å². The first-order chi connectivity index (χ1) is 11.1. The van der Waals surface area contributed by atoms with Gasteiger partial charge in [0.1, 0.15) is 0 Å². The second-order valence-electron chi connectivity index (χ2n) is 6.01. The van der Waals surface area contributed by atoms with Gasteiger partial charge in [-0.05, 0) is 12.1 Å². The molecule has 1 aliphatic rings. The third kappa shape index (κ3) is 3.86. The first-order valence-corrected chi connectivity index (χ1v) is 7.84. The monoisotopic (exact) mass is 319 g/mol. The van der Waals surface area contributed by atoms with E-state index in [9.17, 15) is 4.79 Å². The summed E-state index contributed by atoms with van der Waals surface area (Å²) in [5, 5.41) is 4.02. The van der Waals surface area contributed by atoms with Crippen molar-refractivity contribution in [3.05, 3.63) is 35.9 Å². The largest absolute Gasteiger partial charge is 0.461 e. The van der Waals surface area contributed by atoms with Crippen LogP contribution in [0, 0.1) is 0 Å². The molecule has 0 amide bonds. The summed E-state index contributed by atoms with van der Waals surface area (Å²) in [6.45, 7) is 6.47. The number of nitrogens with zero attached hydrogens (tertiary/aromatic N) is 3. The van der Waals surface area contributed by atoms with Gasteiger partial charge in [0, 0.05) is 24.9 Å². The van der Waals surface area contributed by atoms with Crippen LogP contribution >= 0.6 is 0 Å². The number of Topliss-reactive ketones (excluding diaryl/α,β-unsaturated/α-hetero) is 1. The number of ketones is 1. The summed E-state index contributed by atoms with van der Waals surface area (Å²) in [7, 11) is 0. The number of carbonyl (C=O) groups excluding carboxylic acids is 1. The highest BCUT2D eigenvalue weighted by Crippen LogP contribution is 2.18. The minimum Gasteiger partial charge on any atom is -0.461 e. The SMILES string of the molecule is CC(C)c1nc(CN2CCOC[C@@H]2CC(=O)c2ccco2)no1. The smallest absolute Gasteiger partial charge is 0.229 e. The maximum atomic E-state index is 12.2. The Labute approximate surface area is 134 Å². The molecule has 0 spiro atoms. The van der Waals surface area contributed by atoms with Crippen molar-refractivity contribution in [1.82, 2.24) is 15.0 Å². The van der Waals surface area contributed by atoms with Crippen LogP contribution in [0.4, 0.5) is 0 Å². The molecule has 124 valence electrons. The van der Waals surface area contributed by atoms with Gasteiger partial charge >= 0.3 is 0 Å². The summed E-state index contributed by atoms with van der Waals surface area (Å²) in [6, 6.07) is 3.39. The fourth-order valence-electron chi connectivity index (χ4n) is 2.59. The van der Waals surface area contributed by atoms with E-state index in [0.717, 1.165) is 6.54 Å².